The number of nitro benzene ring substituents is 1. The number of thiophene rings is 1. The van der Waals surface area contributed by atoms with E-state index in [1.165, 1.54) is 34.0 Å². The molecule has 124 valence electrons. The number of non-ortho nitro benzene ring substituents is 1. The van der Waals surface area contributed by atoms with Crippen LogP contribution in [0, 0.1) is 17.0 Å². The van der Waals surface area contributed by atoms with Gasteiger partial charge in [-0.05, 0) is 31.2 Å². The summed E-state index contributed by atoms with van der Waals surface area (Å²) in [4.78, 5) is 12.4. The smallest absolute Gasteiger partial charge is 0.269 e. The predicted molar refractivity (Wildman–Crippen MR) is 89.0 cm³/mol. The quantitative estimate of drug-likeness (QED) is 0.429. The van der Waals surface area contributed by atoms with Gasteiger partial charge in [0.25, 0.3) is 5.69 Å². The van der Waals surface area contributed by atoms with Crippen molar-refractivity contribution in [1.29, 1.82) is 0 Å². The molecule has 0 aliphatic rings. The maximum Gasteiger partial charge on any atom is 0.269 e. The summed E-state index contributed by atoms with van der Waals surface area (Å²) in [5.41, 5.74) is -0.142. The van der Waals surface area contributed by atoms with E-state index < -0.39 is 14.9 Å². The molecule has 0 amide bonds. The maximum atomic E-state index is 12.0. The van der Waals surface area contributed by atoms with Gasteiger partial charge in [0, 0.05) is 41.5 Å². The zero-order valence-corrected chi connectivity index (χ0v) is 14.1. The minimum absolute atomic E-state index is 0.0111. The van der Waals surface area contributed by atoms with Crippen LogP contribution < -0.4 is 10.0 Å². The van der Waals surface area contributed by atoms with Gasteiger partial charge in [0.1, 0.15) is 0 Å². The minimum Gasteiger partial charge on any atom is -0.311 e. The second kappa shape index (κ2) is 7.64. The number of nitrogens with one attached hydrogen (secondary N) is 2. The number of hydrogen-bond donors (Lipinski definition) is 2. The number of benzene rings is 1. The maximum absolute atomic E-state index is 12.0. The van der Waals surface area contributed by atoms with Crippen LogP contribution in [-0.4, -0.2) is 26.4 Å². The molecular weight excluding hydrogens is 338 g/mol. The molecular formula is C14H17N3O4S2. The van der Waals surface area contributed by atoms with Crippen LogP contribution in [0.5, 0.6) is 0 Å². The Kier molecular flexibility index (Phi) is 5.83. The van der Waals surface area contributed by atoms with Gasteiger partial charge in [-0.25, -0.2) is 13.1 Å². The Balaban J connectivity index is 1.80. The summed E-state index contributed by atoms with van der Waals surface area (Å²) in [6, 6.07) is 8.87. The van der Waals surface area contributed by atoms with Crippen molar-refractivity contribution < 1.29 is 13.3 Å². The fourth-order valence-corrected chi connectivity index (χ4v) is 3.79. The molecule has 0 atom stereocenters. The number of sulfonamides is 1. The second-order valence-corrected chi connectivity index (χ2v) is 7.98. The van der Waals surface area contributed by atoms with Gasteiger partial charge in [-0.3, -0.25) is 10.1 Å². The zero-order valence-electron chi connectivity index (χ0n) is 12.5. The average Bonchev–Trinajstić information content (AvgIpc) is 2.92. The van der Waals surface area contributed by atoms with Crippen molar-refractivity contribution in [1.82, 2.24) is 10.0 Å². The summed E-state index contributed by atoms with van der Waals surface area (Å²) in [5, 5.41) is 13.7. The second-order valence-electron chi connectivity index (χ2n) is 4.84. The van der Waals surface area contributed by atoms with Crippen LogP contribution in [-0.2, 0) is 16.6 Å². The summed E-state index contributed by atoms with van der Waals surface area (Å²) >= 11 is 1.70. The van der Waals surface area contributed by atoms with E-state index in [-0.39, 0.29) is 17.1 Å². The first-order valence-electron chi connectivity index (χ1n) is 6.88. The topological polar surface area (TPSA) is 101 Å². The Morgan fingerprint density at radius 3 is 2.39 bits per heavy atom. The standard InChI is InChI=1S/C14H17N3O4S2/c1-11-2-5-13(22-11)10-15-8-9-16-23(20,21)14-6-3-12(4-7-14)17(18)19/h2-7,15-16H,8-10H2,1H3. The third-order valence-electron chi connectivity index (χ3n) is 3.05. The van der Waals surface area contributed by atoms with Crippen molar-refractivity contribution in [2.75, 3.05) is 13.1 Å². The SMILES string of the molecule is Cc1ccc(CNCCNS(=O)(=O)c2ccc([N+](=O)[O-])cc2)s1. The van der Waals surface area contributed by atoms with Crippen molar-refractivity contribution in [3.8, 4) is 0 Å². The van der Waals surface area contributed by atoms with Gasteiger partial charge in [0.2, 0.25) is 10.0 Å². The molecule has 2 aromatic rings. The molecule has 0 saturated carbocycles. The van der Waals surface area contributed by atoms with Crippen molar-refractivity contribution in [3.63, 3.8) is 0 Å². The van der Waals surface area contributed by atoms with Crippen LogP contribution in [0.1, 0.15) is 9.75 Å². The van der Waals surface area contributed by atoms with Crippen molar-refractivity contribution in [2.45, 2.75) is 18.4 Å². The lowest BCUT2D eigenvalue weighted by Gasteiger charge is -2.07. The first-order valence-corrected chi connectivity index (χ1v) is 9.18. The molecule has 23 heavy (non-hydrogen) atoms. The van der Waals surface area contributed by atoms with Crippen LogP contribution in [0.2, 0.25) is 0 Å². The van der Waals surface area contributed by atoms with Gasteiger partial charge in [0.15, 0.2) is 0 Å². The van der Waals surface area contributed by atoms with Crippen molar-refractivity contribution >= 4 is 27.0 Å². The third kappa shape index (κ3) is 5.10. The molecule has 0 aliphatic heterocycles. The fourth-order valence-electron chi connectivity index (χ4n) is 1.90. The van der Waals surface area contributed by atoms with Gasteiger partial charge in [-0.1, -0.05) is 0 Å². The Labute approximate surface area is 138 Å². The normalized spacial score (nSPS) is 11.5. The van der Waals surface area contributed by atoms with Crippen LogP contribution in [0.3, 0.4) is 0 Å². The van der Waals surface area contributed by atoms with E-state index in [0.29, 0.717) is 13.1 Å². The molecule has 7 nitrogen and oxygen atoms in total. The summed E-state index contributed by atoms with van der Waals surface area (Å²) < 4.78 is 26.5. The summed E-state index contributed by atoms with van der Waals surface area (Å²) in [6.07, 6.45) is 0. The molecule has 0 spiro atoms. The lowest BCUT2D eigenvalue weighted by molar-refractivity contribution is -0.384. The van der Waals surface area contributed by atoms with E-state index in [0.717, 1.165) is 0 Å². The number of aryl methyl sites for hydroxylation is 1. The monoisotopic (exact) mass is 355 g/mol. The molecule has 0 bridgehead atoms. The van der Waals surface area contributed by atoms with E-state index in [1.54, 1.807) is 11.3 Å². The number of nitro groups is 1. The molecule has 0 saturated heterocycles. The van der Waals surface area contributed by atoms with E-state index in [2.05, 4.69) is 10.0 Å². The van der Waals surface area contributed by atoms with E-state index in [9.17, 15) is 18.5 Å². The number of nitrogens with zero attached hydrogens (tertiary/aromatic N) is 1. The number of rotatable bonds is 8. The zero-order chi connectivity index (χ0) is 16.9. The van der Waals surface area contributed by atoms with E-state index >= 15 is 0 Å². The Bertz CT molecular complexity index is 770. The van der Waals surface area contributed by atoms with Gasteiger partial charge in [-0.2, -0.15) is 0 Å². The highest BCUT2D eigenvalue weighted by atomic mass is 32.2. The van der Waals surface area contributed by atoms with Gasteiger partial charge in [0.05, 0.1) is 9.82 Å². The molecule has 1 heterocycles. The molecule has 2 N–H and O–H groups in total. The Morgan fingerprint density at radius 1 is 1.13 bits per heavy atom. The largest absolute Gasteiger partial charge is 0.311 e. The minimum atomic E-state index is -3.65. The van der Waals surface area contributed by atoms with Gasteiger partial charge >= 0.3 is 0 Å². The predicted octanol–water partition coefficient (Wildman–Crippen LogP) is 2.03. The average molecular weight is 355 g/mol. The van der Waals surface area contributed by atoms with Gasteiger partial charge in [-0.15, -0.1) is 11.3 Å². The number of hydrogen-bond acceptors (Lipinski definition) is 6. The van der Waals surface area contributed by atoms with Crippen molar-refractivity contribution in [2.24, 2.45) is 0 Å². The highest BCUT2D eigenvalue weighted by Gasteiger charge is 2.15. The molecule has 2 rings (SSSR count). The first kappa shape index (κ1) is 17.5. The molecule has 0 unspecified atom stereocenters. The van der Waals surface area contributed by atoms with Crippen LogP contribution >= 0.6 is 11.3 Å². The molecule has 0 aliphatic carbocycles. The highest BCUT2D eigenvalue weighted by molar-refractivity contribution is 7.89. The lowest BCUT2D eigenvalue weighted by atomic mass is 10.3. The van der Waals surface area contributed by atoms with Crippen LogP contribution in [0.4, 0.5) is 5.69 Å². The summed E-state index contributed by atoms with van der Waals surface area (Å²) in [7, 11) is -3.65. The lowest BCUT2D eigenvalue weighted by Crippen LogP contribution is -2.31. The highest BCUT2D eigenvalue weighted by Crippen LogP contribution is 2.16. The van der Waals surface area contributed by atoms with Crippen molar-refractivity contribution in [3.05, 3.63) is 56.3 Å². The van der Waals surface area contributed by atoms with E-state index in [4.69, 9.17) is 0 Å². The van der Waals surface area contributed by atoms with Crippen LogP contribution in [0.15, 0.2) is 41.3 Å². The molecule has 0 radical (unpaired) electrons. The molecule has 1 aromatic heterocycles. The molecule has 1 aromatic carbocycles. The Morgan fingerprint density at radius 2 is 1.83 bits per heavy atom. The van der Waals surface area contributed by atoms with Gasteiger partial charge < -0.3 is 5.32 Å². The summed E-state index contributed by atoms with van der Waals surface area (Å²) in [6.45, 7) is 3.46. The fraction of sp³-hybridized carbons (Fsp3) is 0.286. The Hall–Kier alpha value is -1.81. The molecule has 9 heteroatoms. The van der Waals surface area contributed by atoms with E-state index in [1.807, 2.05) is 19.1 Å². The summed E-state index contributed by atoms with van der Waals surface area (Å²) in [5.74, 6) is 0. The molecule has 0 fully saturated rings. The van der Waals surface area contributed by atoms with Crippen LogP contribution in [0.25, 0.3) is 0 Å². The third-order valence-corrected chi connectivity index (χ3v) is 5.52. The first-order chi connectivity index (χ1) is 10.9.